The van der Waals surface area contributed by atoms with Crippen LogP contribution in [0.1, 0.15) is 56.8 Å². The summed E-state index contributed by atoms with van der Waals surface area (Å²) >= 11 is 6.09. The van der Waals surface area contributed by atoms with Crippen molar-refractivity contribution < 1.29 is 24.3 Å². The molecule has 3 aliphatic rings. The summed E-state index contributed by atoms with van der Waals surface area (Å²) in [6.45, 7) is 2.56. The van der Waals surface area contributed by atoms with E-state index in [0.29, 0.717) is 41.2 Å². The Labute approximate surface area is 229 Å². The van der Waals surface area contributed by atoms with Crippen LogP contribution in [-0.4, -0.2) is 68.3 Å². The number of imide groups is 1. The van der Waals surface area contributed by atoms with Crippen molar-refractivity contribution in [3.05, 3.63) is 69.4 Å². The molecule has 0 radical (unpaired) electrons. The van der Waals surface area contributed by atoms with E-state index in [1.165, 1.54) is 4.90 Å². The van der Waals surface area contributed by atoms with E-state index in [0.717, 1.165) is 22.0 Å². The lowest BCUT2D eigenvalue weighted by Crippen LogP contribution is -2.52. The van der Waals surface area contributed by atoms with Gasteiger partial charge in [0.1, 0.15) is 17.3 Å². The Morgan fingerprint density at radius 3 is 2.79 bits per heavy atom. The number of aromatic amines is 1. The molecule has 0 bridgehead atoms. The number of aromatic nitrogens is 1. The van der Waals surface area contributed by atoms with E-state index in [4.69, 9.17) is 11.6 Å². The van der Waals surface area contributed by atoms with Crippen LogP contribution in [0.15, 0.2) is 36.4 Å². The van der Waals surface area contributed by atoms with E-state index in [1.54, 1.807) is 35.2 Å². The van der Waals surface area contributed by atoms with E-state index in [-0.39, 0.29) is 37.2 Å². The van der Waals surface area contributed by atoms with E-state index in [1.807, 2.05) is 13.0 Å². The van der Waals surface area contributed by atoms with Crippen LogP contribution in [0.3, 0.4) is 0 Å². The molecule has 1 aromatic heterocycles. The molecule has 0 saturated carbocycles. The molecule has 9 nitrogen and oxygen atoms in total. The van der Waals surface area contributed by atoms with Crippen molar-refractivity contribution >= 4 is 46.1 Å². The number of nitrogens with zero attached hydrogens (tertiary/aromatic N) is 2. The summed E-state index contributed by atoms with van der Waals surface area (Å²) in [5.41, 5.74) is 2.56. The number of aliphatic hydroxyl groups is 1. The Balaban J connectivity index is 1.16. The van der Waals surface area contributed by atoms with Crippen LogP contribution < -0.4 is 5.32 Å². The van der Waals surface area contributed by atoms with Gasteiger partial charge in [0.2, 0.25) is 11.8 Å². The highest BCUT2D eigenvalue weighted by Gasteiger charge is 2.40. The normalized spacial score (nSPS) is 22.6. The fourth-order valence-electron chi connectivity index (χ4n) is 5.59. The summed E-state index contributed by atoms with van der Waals surface area (Å²) in [6, 6.07) is 9.92. The van der Waals surface area contributed by atoms with Crippen molar-refractivity contribution in [1.29, 1.82) is 0 Å². The molecule has 2 fully saturated rings. The second-order valence-electron chi connectivity index (χ2n) is 10.3. The molecular formula is C29H25ClN4O5. The van der Waals surface area contributed by atoms with Gasteiger partial charge in [-0.05, 0) is 54.8 Å². The first kappa shape index (κ1) is 25.2. The second-order valence-corrected chi connectivity index (χ2v) is 10.8. The zero-order valence-electron chi connectivity index (χ0n) is 21.1. The first-order valence-corrected chi connectivity index (χ1v) is 13.1. The zero-order chi connectivity index (χ0) is 27.5. The van der Waals surface area contributed by atoms with Gasteiger partial charge in [-0.15, -0.1) is 0 Å². The number of likely N-dealkylation sites (tertiary alicyclic amines) is 1. The van der Waals surface area contributed by atoms with Gasteiger partial charge in [0.15, 0.2) is 0 Å². The lowest BCUT2D eigenvalue weighted by molar-refractivity contribution is -0.136. The maximum absolute atomic E-state index is 13.3. The van der Waals surface area contributed by atoms with Crippen LogP contribution in [0.4, 0.5) is 0 Å². The molecule has 2 saturated heterocycles. The van der Waals surface area contributed by atoms with Gasteiger partial charge in [-0.1, -0.05) is 29.5 Å². The molecule has 3 aliphatic heterocycles. The van der Waals surface area contributed by atoms with Crippen molar-refractivity contribution in [1.82, 2.24) is 20.1 Å². The van der Waals surface area contributed by atoms with E-state index < -0.39 is 17.6 Å². The number of nitrogens with one attached hydrogen (secondary N) is 2. The first-order chi connectivity index (χ1) is 18.6. The van der Waals surface area contributed by atoms with Crippen LogP contribution in [0, 0.1) is 18.8 Å². The van der Waals surface area contributed by atoms with E-state index >= 15 is 0 Å². The molecule has 0 spiro atoms. The second kappa shape index (κ2) is 9.26. The molecule has 39 heavy (non-hydrogen) atoms. The molecular weight excluding hydrogens is 520 g/mol. The number of piperidine rings is 1. The number of β-amino-alcohol motifs (C(OH)–C–C–N with tert-alkyl or cyclic N) is 1. The number of halogens is 1. The monoisotopic (exact) mass is 544 g/mol. The summed E-state index contributed by atoms with van der Waals surface area (Å²) < 4.78 is 0. The van der Waals surface area contributed by atoms with Crippen LogP contribution in [0.25, 0.3) is 10.9 Å². The molecule has 10 heteroatoms. The molecule has 2 aromatic carbocycles. The van der Waals surface area contributed by atoms with Crippen molar-refractivity contribution in [2.45, 2.75) is 44.4 Å². The Bertz CT molecular complexity index is 1650. The summed E-state index contributed by atoms with van der Waals surface area (Å²) in [5, 5.41) is 14.9. The topological polar surface area (TPSA) is 123 Å². The highest BCUT2D eigenvalue weighted by atomic mass is 35.5. The molecule has 4 heterocycles. The Kier molecular flexibility index (Phi) is 5.97. The third-order valence-electron chi connectivity index (χ3n) is 7.73. The molecule has 3 N–H and O–H groups in total. The Morgan fingerprint density at radius 1 is 1.18 bits per heavy atom. The van der Waals surface area contributed by atoms with Gasteiger partial charge in [0, 0.05) is 53.0 Å². The Hall–Kier alpha value is -4.13. The lowest BCUT2D eigenvalue weighted by atomic mass is 10.0. The number of amides is 4. The minimum absolute atomic E-state index is 0.0705. The predicted octanol–water partition coefficient (Wildman–Crippen LogP) is 2.52. The number of benzene rings is 2. The van der Waals surface area contributed by atoms with Gasteiger partial charge in [0.25, 0.3) is 11.8 Å². The molecule has 0 aliphatic carbocycles. The summed E-state index contributed by atoms with van der Waals surface area (Å²) in [4.78, 5) is 56.2. The maximum Gasteiger partial charge on any atom is 0.270 e. The molecule has 2 atom stereocenters. The summed E-state index contributed by atoms with van der Waals surface area (Å²) in [5.74, 6) is 4.69. The average Bonchev–Trinajstić information content (AvgIpc) is 3.56. The minimum atomic E-state index is -1.37. The number of fused-ring (bicyclic) bond motifs is 2. The number of carbonyl (C=O) groups excluding carboxylic acids is 4. The lowest BCUT2D eigenvalue weighted by Gasteiger charge is -2.29. The number of hydrogen-bond donors (Lipinski definition) is 3. The third-order valence-corrected chi connectivity index (χ3v) is 7.97. The van der Waals surface area contributed by atoms with Gasteiger partial charge in [-0.2, -0.15) is 0 Å². The van der Waals surface area contributed by atoms with Crippen molar-refractivity contribution in [3.63, 3.8) is 0 Å². The predicted molar refractivity (Wildman–Crippen MR) is 143 cm³/mol. The van der Waals surface area contributed by atoms with Crippen molar-refractivity contribution in [2.75, 3.05) is 13.1 Å². The highest BCUT2D eigenvalue weighted by molar-refractivity contribution is 6.31. The first-order valence-electron chi connectivity index (χ1n) is 12.7. The van der Waals surface area contributed by atoms with Gasteiger partial charge < -0.3 is 19.9 Å². The van der Waals surface area contributed by atoms with Crippen molar-refractivity contribution in [3.8, 4) is 11.8 Å². The number of hydrogen-bond acceptors (Lipinski definition) is 5. The molecule has 4 amide bonds. The fraction of sp³-hybridized carbons (Fsp3) is 0.310. The average molecular weight is 545 g/mol. The van der Waals surface area contributed by atoms with Gasteiger partial charge in [-0.3, -0.25) is 24.5 Å². The standard InChI is InChI=1S/C29H25ClN4O5/c1-16-20-5-3-19(30)13-22(20)31-25(16)28(38)33-11-10-29(39,15-33)9-8-17-2-4-21-18(12-17)14-34(27(21)37)23-6-7-24(35)32-26(23)36/h2-5,12-13,23,31,39H,6-7,10-11,14-15H2,1H3,(H,32,35,36). The highest BCUT2D eigenvalue weighted by Crippen LogP contribution is 2.30. The van der Waals surface area contributed by atoms with Crippen LogP contribution >= 0.6 is 11.6 Å². The van der Waals surface area contributed by atoms with E-state index in [2.05, 4.69) is 22.1 Å². The van der Waals surface area contributed by atoms with Crippen molar-refractivity contribution in [2.24, 2.45) is 0 Å². The SMILES string of the molecule is Cc1c(C(=O)N2CCC(O)(C#Cc3ccc4c(c3)CN(C3CCC(=O)NC3=O)C4=O)C2)[nH]c2cc(Cl)ccc12. The number of carbonyl (C=O) groups is 4. The quantitative estimate of drug-likeness (QED) is 0.338. The van der Waals surface area contributed by atoms with Gasteiger partial charge in [-0.25, -0.2) is 0 Å². The van der Waals surface area contributed by atoms with Crippen LogP contribution in [0.2, 0.25) is 5.02 Å². The zero-order valence-corrected chi connectivity index (χ0v) is 21.9. The minimum Gasteiger partial charge on any atom is -0.376 e. The summed E-state index contributed by atoms with van der Waals surface area (Å²) in [7, 11) is 0. The number of rotatable bonds is 2. The molecule has 2 unspecified atom stereocenters. The van der Waals surface area contributed by atoms with E-state index in [9.17, 15) is 24.3 Å². The van der Waals surface area contributed by atoms with Gasteiger partial charge >= 0.3 is 0 Å². The summed E-state index contributed by atoms with van der Waals surface area (Å²) in [6.07, 6.45) is 0.800. The smallest absolute Gasteiger partial charge is 0.270 e. The molecule has 198 valence electrons. The third kappa shape index (κ3) is 4.46. The molecule has 3 aromatic rings. The van der Waals surface area contributed by atoms with Crippen LogP contribution in [0.5, 0.6) is 0 Å². The number of aryl methyl sites for hydroxylation is 1. The maximum atomic E-state index is 13.3. The Morgan fingerprint density at radius 2 is 2.00 bits per heavy atom. The van der Waals surface area contributed by atoms with Gasteiger partial charge in [0.05, 0.1) is 6.54 Å². The fourth-order valence-corrected chi connectivity index (χ4v) is 5.76. The number of H-pyrrole nitrogens is 1. The largest absolute Gasteiger partial charge is 0.376 e. The molecule has 6 rings (SSSR count). The van der Waals surface area contributed by atoms with Crippen LogP contribution in [-0.2, 0) is 16.1 Å².